The predicted octanol–water partition coefficient (Wildman–Crippen LogP) is -1.78. The van der Waals surface area contributed by atoms with Crippen LogP contribution in [0.4, 0.5) is 0 Å². The number of hydrogen-bond donors (Lipinski definition) is 4. The number of nitrogens with zero attached hydrogens (tertiary/aromatic N) is 1. The Morgan fingerprint density at radius 2 is 3.00 bits per heavy atom. The second-order valence-corrected chi connectivity index (χ2v) is 1.75. The van der Waals surface area contributed by atoms with Crippen molar-refractivity contribution >= 4 is 6.34 Å². The zero-order valence-corrected chi connectivity index (χ0v) is 4.94. The van der Waals surface area contributed by atoms with Gasteiger partial charge in [0.05, 0.1) is 17.1 Å². The van der Waals surface area contributed by atoms with E-state index in [1.807, 2.05) is 0 Å². The standard InChI is InChI=1S/C5H9N5/c6-4-3-5(9-1-7-3)10-2-8-4/h1,5,8,10H,2,6H2,(H,7,9)/i2D2,5D/hD3. The number of rotatable bonds is 0. The summed E-state index contributed by atoms with van der Waals surface area (Å²) in [5.41, 5.74) is 5.27. The number of fused-ring (bicyclic) bond motifs is 1. The molecule has 0 aliphatic carbocycles. The van der Waals surface area contributed by atoms with Crippen molar-refractivity contribution in [2.45, 2.75) is 6.14 Å². The molecule has 0 saturated carbocycles. The molecule has 0 aromatic carbocycles. The topological polar surface area (TPSA) is 74.5 Å². The molecule has 2 rings (SSSR count). The molecule has 2 aliphatic heterocycles. The highest BCUT2D eigenvalue weighted by molar-refractivity contribution is 5.62. The Balaban J connectivity index is 2.63. The van der Waals surface area contributed by atoms with Gasteiger partial charge in [-0.1, -0.05) is 0 Å². The van der Waals surface area contributed by atoms with Crippen molar-refractivity contribution in [2.75, 3.05) is 6.62 Å². The molecule has 1 unspecified atom stereocenters. The molecule has 0 bridgehead atoms. The van der Waals surface area contributed by atoms with Gasteiger partial charge in [-0.05, 0) is 0 Å². The van der Waals surface area contributed by atoms with E-state index < -0.39 is 12.8 Å². The van der Waals surface area contributed by atoms with Crippen molar-refractivity contribution in [1.29, 1.82) is 0 Å². The van der Waals surface area contributed by atoms with Gasteiger partial charge in [-0.3, -0.25) is 5.31 Å². The molecule has 0 amide bonds. The molecule has 1 atom stereocenters. The summed E-state index contributed by atoms with van der Waals surface area (Å²) in [5, 5.41) is 0.935. The first-order chi connectivity index (χ1) is 7.24. The fourth-order valence-electron chi connectivity index (χ4n) is 0.702. The van der Waals surface area contributed by atoms with Gasteiger partial charge in [0.1, 0.15) is 19.1 Å². The van der Waals surface area contributed by atoms with Gasteiger partial charge in [-0.15, -0.1) is 0 Å². The van der Waals surface area contributed by atoms with Gasteiger partial charge in [0.15, 0.2) is 2.82 Å². The van der Waals surface area contributed by atoms with Gasteiger partial charge in [-0.25, -0.2) is 4.99 Å². The summed E-state index contributed by atoms with van der Waals surface area (Å²) in [6, 6.07) is 0. The second-order valence-electron chi connectivity index (χ2n) is 1.75. The Kier molecular flexibility index (Phi) is 0.400. The lowest BCUT2D eigenvalue weighted by molar-refractivity contribution is 0.492. The lowest BCUT2D eigenvalue weighted by Crippen LogP contribution is -2.50. The average Bonchev–Trinajstić information content (AvgIpc) is 2.52. The minimum atomic E-state index is -2.61. The van der Waals surface area contributed by atoms with Crippen LogP contribution in [0.25, 0.3) is 0 Å². The van der Waals surface area contributed by atoms with Crippen LogP contribution < -0.4 is 21.7 Å². The van der Waals surface area contributed by atoms with Crippen LogP contribution in [0.2, 0.25) is 4.24 Å². The Labute approximate surface area is 67.0 Å². The van der Waals surface area contributed by atoms with Gasteiger partial charge in [0.2, 0.25) is 0 Å². The highest BCUT2D eigenvalue weighted by atomic mass is 15.3. The maximum atomic E-state index is 7.89. The highest BCUT2D eigenvalue weighted by Gasteiger charge is 2.22. The number of aliphatic imine (C=N–C) groups is 1. The van der Waals surface area contributed by atoms with E-state index in [0.29, 0.717) is 5.31 Å². The largest absolute Gasteiger partial charge is 0.384 e. The Morgan fingerprint density at radius 1 is 2.10 bits per heavy atom. The minimum absolute atomic E-state index is 0.165. The van der Waals surface area contributed by atoms with Crippen molar-refractivity contribution in [2.24, 2.45) is 10.7 Å². The van der Waals surface area contributed by atoms with Crippen LogP contribution in [0, 0.1) is 0 Å². The molecular weight excluding hydrogens is 130 g/mol. The summed E-state index contributed by atoms with van der Waals surface area (Å²) >= 11 is 0. The first kappa shape index (κ1) is 2.13. The Morgan fingerprint density at radius 3 is 3.90 bits per heavy atom. The maximum absolute atomic E-state index is 7.89. The molecule has 0 spiro atoms. The van der Waals surface area contributed by atoms with Gasteiger partial charge in [0, 0.05) is 0 Å². The first-order valence-corrected chi connectivity index (χ1v) is 2.65. The summed E-state index contributed by atoms with van der Waals surface area (Å²) in [7, 11) is 0. The molecule has 5 N–H and O–H groups in total. The molecule has 54 valence electrons. The summed E-state index contributed by atoms with van der Waals surface area (Å²) in [5.74, 6) is -0.380. The van der Waals surface area contributed by atoms with E-state index in [9.17, 15) is 0 Å². The third kappa shape index (κ3) is 0.640. The molecule has 5 nitrogen and oxygen atoms in total. The van der Waals surface area contributed by atoms with Gasteiger partial charge in [0.25, 0.3) is 0 Å². The van der Waals surface area contributed by atoms with Crippen LogP contribution >= 0.6 is 0 Å². The maximum Gasteiger partial charge on any atom is 0.163 e. The van der Waals surface area contributed by atoms with Gasteiger partial charge in [-0.2, -0.15) is 0 Å². The number of nitrogens with one attached hydrogen (secondary N) is 3. The molecule has 0 radical (unpaired) electrons. The van der Waals surface area contributed by atoms with E-state index in [1.54, 1.807) is 0 Å². The van der Waals surface area contributed by atoms with Crippen LogP contribution in [-0.4, -0.2) is 19.1 Å². The molecular formula is C5H9N5. The zero-order chi connectivity index (χ0) is 12.3. The third-order valence-corrected chi connectivity index (χ3v) is 1.15. The molecule has 0 fully saturated rings. The van der Waals surface area contributed by atoms with E-state index in [1.165, 1.54) is 0 Å². The molecule has 5 heteroatoms. The van der Waals surface area contributed by atoms with E-state index in [0.717, 1.165) is 6.34 Å². The lowest BCUT2D eigenvalue weighted by Gasteiger charge is -2.22. The fourth-order valence-corrected chi connectivity index (χ4v) is 0.702. The Bertz CT molecular complexity index is 395. The summed E-state index contributed by atoms with van der Waals surface area (Å²) in [4.78, 5) is 3.65. The van der Waals surface area contributed by atoms with Crippen molar-refractivity contribution in [3.8, 4) is 0 Å². The van der Waals surface area contributed by atoms with Crippen LogP contribution in [0.15, 0.2) is 16.5 Å². The van der Waals surface area contributed by atoms with Crippen LogP contribution in [0.5, 0.6) is 0 Å². The van der Waals surface area contributed by atoms with Gasteiger partial charge >= 0.3 is 0 Å². The average molecular weight is 145 g/mol. The lowest BCUT2D eigenvalue weighted by atomic mass is 10.3. The second kappa shape index (κ2) is 1.88. The number of nitrogens with two attached hydrogens (primary N) is 1. The SMILES string of the molecule is [2H]N1C(N)=C2N=CN([2H])C2([2H])N([2H])C1([2H])[2H]. The zero-order valence-electron chi connectivity index (χ0n) is 10.9. The normalized spacial score (nSPS) is 54.4. The highest BCUT2D eigenvalue weighted by Crippen LogP contribution is 2.09. The molecule has 2 aliphatic rings. The fraction of sp³-hybridized carbons (Fsp3) is 0.400. The van der Waals surface area contributed by atoms with E-state index in [4.69, 9.17) is 14.1 Å². The predicted molar refractivity (Wildman–Crippen MR) is 37.8 cm³/mol. The Hall–Kier alpha value is -1.23. The van der Waals surface area contributed by atoms with Crippen molar-refractivity contribution in [1.82, 2.24) is 15.9 Å². The minimum Gasteiger partial charge on any atom is -0.384 e. The first-order valence-electron chi connectivity index (χ1n) is 5.49. The summed E-state index contributed by atoms with van der Waals surface area (Å²) in [6.07, 6.45) is -1.21. The summed E-state index contributed by atoms with van der Waals surface area (Å²) < 4.78 is 45.2. The van der Waals surface area contributed by atoms with Gasteiger partial charge < -0.3 is 16.4 Å². The smallest absolute Gasteiger partial charge is 0.163 e. The van der Waals surface area contributed by atoms with E-state index in [2.05, 4.69) is 4.99 Å². The monoisotopic (exact) mass is 145 g/mol. The van der Waals surface area contributed by atoms with Crippen molar-refractivity contribution < 1.29 is 8.35 Å². The molecule has 2 heterocycles. The molecule has 10 heavy (non-hydrogen) atoms. The van der Waals surface area contributed by atoms with Crippen molar-refractivity contribution in [3.05, 3.63) is 11.5 Å². The van der Waals surface area contributed by atoms with Crippen LogP contribution in [0.3, 0.4) is 0 Å². The quantitative estimate of drug-likeness (QED) is 0.325. The number of hydrogen-bond acceptors (Lipinski definition) is 5. The third-order valence-electron chi connectivity index (χ3n) is 1.15. The van der Waals surface area contributed by atoms with E-state index in [-0.39, 0.29) is 22.1 Å². The summed E-state index contributed by atoms with van der Waals surface area (Å²) in [6.45, 7) is -2.61. The molecule has 0 saturated heterocycles. The van der Waals surface area contributed by atoms with Crippen molar-refractivity contribution in [3.63, 3.8) is 0 Å². The van der Waals surface area contributed by atoms with E-state index >= 15 is 0 Å². The molecule has 0 aromatic heterocycles. The molecule has 0 aromatic rings. The van der Waals surface area contributed by atoms with Crippen LogP contribution in [-0.2, 0) is 0 Å². The van der Waals surface area contributed by atoms with Crippen LogP contribution in [0.1, 0.15) is 4.11 Å².